The predicted molar refractivity (Wildman–Crippen MR) is 152 cm³/mol. The summed E-state index contributed by atoms with van der Waals surface area (Å²) in [5.74, 6) is 0.523. The summed E-state index contributed by atoms with van der Waals surface area (Å²) in [6.45, 7) is 8.74. The number of benzene rings is 2. The first-order chi connectivity index (χ1) is 15.8. The second kappa shape index (κ2) is 8.86. The van der Waals surface area contributed by atoms with Crippen LogP contribution in [-0.2, 0) is 6.42 Å². The van der Waals surface area contributed by atoms with Gasteiger partial charge in [0.25, 0.3) is 0 Å². The van der Waals surface area contributed by atoms with Crippen LogP contribution in [0.15, 0.2) is 29.1 Å². The zero-order chi connectivity index (χ0) is 23.4. The molecule has 1 aliphatic heterocycles. The molecule has 0 bridgehead atoms. The van der Waals surface area contributed by atoms with E-state index in [1.165, 1.54) is 14.7 Å². The fraction of sp³-hybridized carbons (Fsp3) is 0.385. The van der Waals surface area contributed by atoms with Crippen molar-refractivity contribution >= 4 is 78.3 Å². The molecule has 33 heavy (non-hydrogen) atoms. The van der Waals surface area contributed by atoms with Crippen molar-refractivity contribution in [2.75, 3.05) is 13.1 Å². The lowest BCUT2D eigenvalue weighted by Crippen LogP contribution is -2.26. The monoisotopic (exact) mass is 664 g/mol. The van der Waals surface area contributed by atoms with Crippen molar-refractivity contribution in [2.24, 2.45) is 0 Å². The highest BCUT2D eigenvalue weighted by Gasteiger charge is 2.27. The van der Waals surface area contributed by atoms with Gasteiger partial charge < -0.3 is 9.55 Å². The van der Waals surface area contributed by atoms with Crippen LogP contribution in [0.2, 0.25) is 0 Å². The number of pyridine rings is 1. The number of fused-ring (bicyclic) bond motifs is 4. The third kappa shape index (κ3) is 3.69. The van der Waals surface area contributed by atoms with Crippen molar-refractivity contribution in [2.45, 2.75) is 52.0 Å². The number of nitriles is 1. The average Bonchev–Trinajstić information content (AvgIpc) is 3.18. The molecule has 1 saturated heterocycles. The number of hydrogen-bond donors (Lipinski definition) is 1. The first-order valence-corrected chi connectivity index (χ1v) is 13.6. The normalized spacial score (nSPS) is 15.8. The van der Waals surface area contributed by atoms with Gasteiger partial charge in [0, 0.05) is 61.9 Å². The van der Waals surface area contributed by atoms with Crippen molar-refractivity contribution < 1.29 is 0 Å². The van der Waals surface area contributed by atoms with Crippen LogP contribution >= 0.6 is 45.5 Å². The van der Waals surface area contributed by atoms with E-state index >= 15 is 0 Å². The summed E-state index contributed by atoms with van der Waals surface area (Å²) in [5, 5.41) is 11.8. The number of nitrogens with zero attached hydrogens (tertiary/aromatic N) is 3. The van der Waals surface area contributed by atoms with Crippen LogP contribution in [0, 0.1) is 14.9 Å². The summed E-state index contributed by atoms with van der Waals surface area (Å²) in [6, 6.07) is 10.1. The molecular formula is C26H26I2N4O. The van der Waals surface area contributed by atoms with Gasteiger partial charge in [-0.3, -0.25) is 4.79 Å². The predicted octanol–water partition coefficient (Wildman–Crippen LogP) is 6.78. The van der Waals surface area contributed by atoms with Crippen LogP contribution in [0.1, 0.15) is 62.3 Å². The number of aromatic amines is 1. The van der Waals surface area contributed by atoms with E-state index in [1.807, 2.05) is 12.1 Å². The molecule has 2 aromatic carbocycles. The zero-order valence-electron chi connectivity index (χ0n) is 19.0. The Kier molecular flexibility index (Phi) is 6.20. The molecule has 170 valence electrons. The molecule has 0 spiro atoms. The summed E-state index contributed by atoms with van der Waals surface area (Å²) in [5.41, 5.74) is 6.14. The first-order valence-electron chi connectivity index (χ1n) is 11.5. The molecule has 5 rings (SSSR count). The van der Waals surface area contributed by atoms with Crippen molar-refractivity contribution in [1.29, 1.82) is 5.26 Å². The van der Waals surface area contributed by atoms with Crippen molar-refractivity contribution in [3.63, 3.8) is 0 Å². The Bertz CT molecular complexity index is 1500. The molecule has 7 heteroatoms. The third-order valence-electron chi connectivity index (χ3n) is 6.97. The van der Waals surface area contributed by atoms with Gasteiger partial charge in [-0.25, -0.2) is 3.11 Å². The highest BCUT2D eigenvalue weighted by atomic mass is 127. The lowest BCUT2D eigenvalue weighted by Gasteiger charge is -2.31. The summed E-state index contributed by atoms with van der Waals surface area (Å²) in [7, 11) is 0. The highest BCUT2D eigenvalue weighted by molar-refractivity contribution is 14.1. The van der Waals surface area contributed by atoms with Crippen LogP contribution < -0.4 is 5.43 Å². The molecule has 1 N–H and O–H groups in total. The van der Waals surface area contributed by atoms with Gasteiger partial charge in [0.1, 0.15) is 5.65 Å². The smallest absolute Gasteiger partial charge is 0.199 e. The third-order valence-corrected chi connectivity index (χ3v) is 9.03. The Hall–Kier alpha value is -1.64. The van der Waals surface area contributed by atoms with E-state index in [9.17, 15) is 10.1 Å². The van der Waals surface area contributed by atoms with Crippen molar-refractivity contribution in [1.82, 2.24) is 12.7 Å². The van der Waals surface area contributed by atoms with Crippen LogP contribution in [0.4, 0.5) is 0 Å². The molecule has 5 nitrogen and oxygen atoms in total. The van der Waals surface area contributed by atoms with E-state index in [0.29, 0.717) is 11.5 Å². The molecule has 1 aliphatic rings. The fourth-order valence-electron chi connectivity index (χ4n) is 5.41. The average molecular weight is 664 g/mol. The quantitative estimate of drug-likeness (QED) is 0.194. The minimum Gasteiger partial charge on any atom is -0.340 e. The second-order valence-electron chi connectivity index (χ2n) is 9.21. The number of aryl methyl sites for hydroxylation is 1. The molecule has 2 aromatic heterocycles. The fourth-order valence-corrected chi connectivity index (χ4v) is 7.31. The van der Waals surface area contributed by atoms with Gasteiger partial charge in [-0.05, 0) is 90.9 Å². The molecule has 4 aromatic rings. The van der Waals surface area contributed by atoms with Crippen molar-refractivity contribution in [3.05, 3.63) is 54.7 Å². The summed E-state index contributed by atoms with van der Waals surface area (Å²) < 4.78 is 5.90. The topological polar surface area (TPSA) is 64.8 Å². The maximum Gasteiger partial charge on any atom is 0.199 e. The van der Waals surface area contributed by atoms with Gasteiger partial charge in [0.05, 0.1) is 22.5 Å². The Morgan fingerprint density at radius 1 is 1.21 bits per heavy atom. The summed E-state index contributed by atoms with van der Waals surface area (Å²) in [4.78, 5) is 17.4. The van der Waals surface area contributed by atoms with Gasteiger partial charge in [-0.2, -0.15) is 5.26 Å². The Labute approximate surface area is 220 Å². The van der Waals surface area contributed by atoms with Crippen LogP contribution in [0.25, 0.3) is 32.8 Å². The number of hydrogen-bond acceptors (Lipinski definition) is 3. The number of nitrogens with one attached hydrogen (secondary N) is 1. The van der Waals surface area contributed by atoms with E-state index in [2.05, 4.69) is 91.0 Å². The summed E-state index contributed by atoms with van der Waals surface area (Å²) >= 11 is 4.93. The zero-order valence-corrected chi connectivity index (χ0v) is 23.3. The van der Waals surface area contributed by atoms with Gasteiger partial charge in [-0.1, -0.05) is 13.0 Å². The van der Waals surface area contributed by atoms with E-state index in [4.69, 9.17) is 0 Å². The van der Waals surface area contributed by atoms with Gasteiger partial charge in [0.2, 0.25) is 0 Å². The first kappa shape index (κ1) is 23.1. The van der Waals surface area contributed by atoms with E-state index in [0.717, 1.165) is 65.2 Å². The Morgan fingerprint density at radius 3 is 2.58 bits per heavy atom. The number of rotatable bonds is 3. The molecule has 0 amide bonds. The van der Waals surface area contributed by atoms with E-state index < -0.39 is 0 Å². The summed E-state index contributed by atoms with van der Waals surface area (Å²) in [6.07, 6.45) is 3.22. The van der Waals surface area contributed by atoms with E-state index in [-0.39, 0.29) is 11.5 Å². The van der Waals surface area contributed by atoms with Crippen LogP contribution in [-0.4, -0.2) is 25.8 Å². The maximum absolute atomic E-state index is 13.9. The van der Waals surface area contributed by atoms with Crippen LogP contribution in [0.3, 0.4) is 0 Å². The maximum atomic E-state index is 13.9. The number of piperidine rings is 1. The van der Waals surface area contributed by atoms with E-state index in [1.54, 1.807) is 6.07 Å². The highest BCUT2D eigenvalue weighted by Crippen LogP contribution is 2.40. The number of H-pyrrole nitrogens is 1. The molecule has 0 radical (unpaired) electrons. The molecule has 3 heterocycles. The SMILES string of the molecule is CCc1cc2c(=O)c3c4ccc(C#N)cc4[nH]c3n(C(C)C)c2c(I)c1C1CCN(I)CC1. The van der Waals surface area contributed by atoms with Gasteiger partial charge in [0.15, 0.2) is 5.43 Å². The molecule has 0 aliphatic carbocycles. The van der Waals surface area contributed by atoms with Gasteiger partial charge >= 0.3 is 0 Å². The second-order valence-corrected chi connectivity index (χ2v) is 11.7. The largest absolute Gasteiger partial charge is 0.340 e. The molecule has 0 atom stereocenters. The Morgan fingerprint density at radius 2 is 1.94 bits per heavy atom. The van der Waals surface area contributed by atoms with Crippen molar-refractivity contribution in [3.8, 4) is 6.07 Å². The molecular weight excluding hydrogens is 638 g/mol. The van der Waals surface area contributed by atoms with Gasteiger partial charge in [-0.15, -0.1) is 0 Å². The Balaban J connectivity index is 1.92. The number of halogens is 2. The van der Waals surface area contributed by atoms with Crippen LogP contribution in [0.5, 0.6) is 0 Å². The minimum atomic E-state index is 0.0779. The molecule has 0 saturated carbocycles. The minimum absolute atomic E-state index is 0.0779. The lowest BCUT2D eigenvalue weighted by molar-refractivity contribution is 0.367. The lowest BCUT2D eigenvalue weighted by atomic mass is 9.85. The number of aromatic nitrogens is 2. The molecule has 0 unspecified atom stereocenters. The standard InChI is InChI=1S/C26H26I2N4O/c1-4-16-12-19-24(23(27)21(16)17-7-9-31(28)10-8-17)32(14(2)3)26-22(25(19)33)18-6-5-15(13-29)11-20(18)30-26/h5-6,11-12,14,17,30H,4,7-10H2,1-3H3. The molecule has 1 fully saturated rings.